The Morgan fingerprint density at radius 2 is 2.32 bits per heavy atom. The van der Waals surface area contributed by atoms with Crippen molar-refractivity contribution in [1.82, 2.24) is 15.5 Å². The molecule has 1 aromatic heterocycles. The van der Waals surface area contributed by atoms with E-state index in [-0.39, 0.29) is 11.9 Å². The largest absolute Gasteiger partial charge is 0.392 e. The molecular weight excluding hydrogens is 249 g/mol. The number of rotatable bonds is 2. The third kappa shape index (κ3) is 2.36. The molecule has 1 fully saturated rings. The molecule has 2 aromatic rings. The van der Waals surface area contributed by atoms with E-state index in [4.69, 9.17) is 4.52 Å². The first-order valence-electron chi connectivity index (χ1n) is 6.15. The number of aliphatic hydroxyl groups excluding tert-OH is 1. The summed E-state index contributed by atoms with van der Waals surface area (Å²) in [6.45, 7) is 2.38. The topological polar surface area (TPSA) is 71.2 Å². The van der Waals surface area contributed by atoms with Crippen LogP contribution < -0.4 is 5.32 Å². The second-order valence-corrected chi connectivity index (χ2v) is 4.77. The van der Waals surface area contributed by atoms with E-state index < -0.39 is 6.10 Å². The van der Waals surface area contributed by atoms with Crippen molar-refractivity contribution in [3.05, 3.63) is 35.5 Å². The molecule has 0 spiro atoms. The molecule has 1 aliphatic rings. The molecule has 2 atom stereocenters. The van der Waals surface area contributed by atoms with Gasteiger partial charge in [0.25, 0.3) is 0 Å². The van der Waals surface area contributed by atoms with Gasteiger partial charge in [-0.2, -0.15) is 4.98 Å². The number of aromatic nitrogens is 2. The molecule has 5 nitrogen and oxygen atoms in total. The molecule has 0 bridgehead atoms. The lowest BCUT2D eigenvalue weighted by Gasteiger charge is -2.02. The Balaban J connectivity index is 1.90. The van der Waals surface area contributed by atoms with Crippen LogP contribution in [0.5, 0.6) is 0 Å². The van der Waals surface area contributed by atoms with E-state index in [1.807, 2.05) is 6.92 Å². The molecule has 1 aromatic carbocycles. The van der Waals surface area contributed by atoms with Crippen LogP contribution in [0.3, 0.4) is 0 Å². The molecule has 6 heteroatoms. The van der Waals surface area contributed by atoms with Crippen LogP contribution in [0.2, 0.25) is 0 Å². The van der Waals surface area contributed by atoms with Gasteiger partial charge in [0.2, 0.25) is 11.7 Å². The lowest BCUT2D eigenvalue weighted by molar-refractivity contribution is 0.191. The van der Waals surface area contributed by atoms with Crippen molar-refractivity contribution < 1.29 is 14.0 Å². The fourth-order valence-corrected chi connectivity index (χ4v) is 2.23. The lowest BCUT2D eigenvalue weighted by Crippen LogP contribution is -2.15. The number of nitrogens with zero attached hydrogens (tertiary/aromatic N) is 2. The quantitative estimate of drug-likeness (QED) is 0.860. The summed E-state index contributed by atoms with van der Waals surface area (Å²) in [5.74, 6) is 0.465. The fourth-order valence-electron chi connectivity index (χ4n) is 2.23. The molecule has 0 saturated carbocycles. The average molecular weight is 263 g/mol. The Hall–Kier alpha value is -1.79. The van der Waals surface area contributed by atoms with Crippen molar-refractivity contribution in [2.75, 3.05) is 6.54 Å². The fraction of sp³-hybridized carbons (Fsp3) is 0.385. The number of β-amino-alcohol motifs (C(OH)–C–C–N with tert-alkyl or cyclic N) is 1. The van der Waals surface area contributed by atoms with Crippen molar-refractivity contribution in [3.63, 3.8) is 0 Å². The van der Waals surface area contributed by atoms with Gasteiger partial charge in [-0.3, -0.25) is 0 Å². The molecule has 19 heavy (non-hydrogen) atoms. The van der Waals surface area contributed by atoms with E-state index in [1.54, 1.807) is 6.07 Å². The zero-order valence-corrected chi connectivity index (χ0v) is 10.4. The van der Waals surface area contributed by atoms with Crippen LogP contribution in [0, 0.1) is 12.7 Å². The van der Waals surface area contributed by atoms with Crippen LogP contribution in [0.4, 0.5) is 4.39 Å². The highest BCUT2D eigenvalue weighted by Crippen LogP contribution is 2.26. The van der Waals surface area contributed by atoms with Crippen molar-refractivity contribution in [3.8, 4) is 11.4 Å². The average Bonchev–Trinajstić information content (AvgIpc) is 3.00. The predicted molar refractivity (Wildman–Crippen MR) is 65.8 cm³/mol. The number of hydrogen-bond donors (Lipinski definition) is 2. The molecule has 1 saturated heterocycles. The molecule has 3 rings (SSSR count). The monoisotopic (exact) mass is 263 g/mol. The van der Waals surface area contributed by atoms with Gasteiger partial charge in [-0.15, -0.1) is 0 Å². The number of benzene rings is 1. The Morgan fingerprint density at radius 3 is 3.05 bits per heavy atom. The van der Waals surface area contributed by atoms with Gasteiger partial charge in [0.1, 0.15) is 5.82 Å². The zero-order chi connectivity index (χ0) is 13.4. The lowest BCUT2D eigenvalue weighted by atomic mass is 10.1. The number of aryl methyl sites for hydroxylation is 1. The number of halogens is 1. The highest BCUT2D eigenvalue weighted by molar-refractivity contribution is 5.59. The Morgan fingerprint density at radius 1 is 1.47 bits per heavy atom. The second-order valence-electron chi connectivity index (χ2n) is 4.77. The minimum atomic E-state index is -0.392. The van der Waals surface area contributed by atoms with Gasteiger partial charge in [0.05, 0.1) is 12.1 Å². The van der Waals surface area contributed by atoms with Gasteiger partial charge in [0, 0.05) is 12.1 Å². The van der Waals surface area contributed by atoms with Crippen LogP contribution in [0.15, 0.2) is 22.7 Å². The second kappa shape index (κ2) is 4.71. The van der Waals surface area contributed by atoms with Gasteiger partial charge in [-0.1, -0.05) is 11.2 Å². The van der Waals surface area contributed by atoms with Crippen molar-refractivity contribution in [1.29, 1.82) is 0 Å². The van der Waals surface area contributed by atoms with Gasteiger partial charge < -0.3 is 14.9 Å². The Kier molecular flexibility index (Phi) is 3.04. The van der Waals surface area contributed by atoms with E-state index in [9.17, 15) is 9.50 Å². The van der Waals surface area contributed by atoms with Gasteiger partial charge in [0.15, 0.2) is 0 Å². The first-order valence-corrected chi connectivity index (χ1v) is 6.15. The minimum absolute atomic E-state index is 0.134. The van der Waals surface area contributed by atoms with E-state index in [2.05, 4.69) is 15.5 Å². The van der Waals surface area contributed by atoms with Crippen molar-refractivity contribution in [2.24, 2.45) is 0 Å². The summed E-state index contributed by atoms with van der Waals surface area (Å²) in [5.41, 5.74) is 1.50. The van der Waals surface area contributed by atoms with Crippen LogP contribution >= 0.6 is 0 Å². The van der Waals surface area contributed by atoms with E-state index in [1.165, 1.54) is 12.1 Å². The summed E-state index contributed by atoms with van der Waals surface area (Å²) >= 11 is 0. The van der Waals surface area contributed by atoms with Crippen LogP contribution in [0.25, 0.3) is 11.4 Å². The SMILES string of the molecule is Cc1ccc(F)cc1-c1noc([C@@H]2CC(O)CN2)n1. The summed E-state index contributed by atoms with van der Waals surface area (Å²) < 4.78 is 18.4. The van der Waals surface area contributed by atoms with E-state index in [0.29, 0.717) is 30.2 Å². The van der Waals surface area contributed by atoms with Gasteiger partial charge in [-0.25, -0.2) is 4.39 Å². The maximum atomic E-state index is 13.3. The summed E-state index contributed by atoms with van der Waals surface area (Å²) in [5, 5.41) is 16.4. The predicted octanol–water partition coefficient (Wildman–Crippen LogP) is 1.58. The molecule has 0 amide bonds. The maximum absolute atomic E-state index is 13.3. The Bertz CT molecular complexity index is 599. The molecular formula is C13H14FN3O2. The molecule has 100 valence electrons. The minimum Gasteiger partial charge on any atom is -0.392 e. The van der Waals surface area contributed by atoms with Crippen LogP contribution in [-0.2, 0) is 0 Å². The summed E-state index contributed by atoms with van der Waals surface area (Å²) in [7, 11) is 0. The van der Waals surface area contributed by atoms with Crippen LogP contribution in [-0.4, -0.2) is 27.9 Å². The van der Waals surface area contributed by atoms with Gasteiger partial charge >= 0.3 is 0 Å². The highest BCUT2D eigenvalue weighted by Gasteiger charge is 2.28. The number of aliphatic hydroxyl groups is 1. The molecule has 2 N–H and O–H groups in total. The summed E-state index contributed by atoms with van der Waals surface area (Å²) in [6.07, 6.45) is 0.153. The molecule has 1 aliphatic heterocycles. The van der Waals surface area contributed by atoms with Crippen molar-refractivity contribution >= 4 is 0 Å². The number of hydrogen-bond acceptors (Lipinski definition) is 5. The first-order chi connectivity index (χ1) is 9.13. The highest BCUT2D eigenvalue weighted by atomic mass is 19.1. The van der Waals surface area contributed by atoms with Crippen molar-refractivity contribution in [2.45, 2.75) is 25.5 Å². The number of nitrogens with one attached hydrogen (secondary N) is 1. The smallest absolute Gasteiger partial charge is 0.244 e. The van der Waals surface area contributed by atoms with E-state index in [0.717, 1.165) is 5.56 Å². The van der Waals surface area contributed by atoms with E-state index >= 15 is 0 Å². The zero-order valence-electron chi connectivity index (χ0n) is 10.4. The molecule has 1 unspecified atom stereocenters. The molecule has 2 heterocycles. The molecule has 0 aliphatic carbocycles. The normalized spacial score (nSPS) is 22.9. The third-order valence-electron chi connectivity index (χ3n) is 3.29. The standard InChI is InChI=1S/C13H14FN3O2/c1-7-2-3-8(14)4-10(7)12-16-13(19-17-12)11-5-9(18)6-15-11/h2-4,9,11,15,18H,5-6H2,1H3/t9?,11-/m0/s1. The summed E-state index contributed by atoms with van der Waals surface area (Å²) in [6, 6.07) is 4.33. The first kappa shape index (κ1) is 12.3. The maximum Gasteiger partial charge on any atom is 0.244 e. The Labute approximate surface area is 109 Å². The van der Waals surface area contributed by atoms with Gasteiger partial charge in [-0.05, 0) is 31.0 Å². The third-order valence-corrected chi connectivity index (χ3v) is 3.29. The summed E-state index contributed by atoms with van der Waals surface area (Å²) in [4.78, 5) is 4.28. The van der Waals surface area contributed by atoms with Crippen LogP contribution in [0.1, 0.15) is 23.9 Å². The molecule has 0 radical (unpaired) electrons.